The molecule has 1 atom stereocenters. The Morgan fingerprint density at radius 1 is 0.973 bits per heavy atom. The van der Waals surface area contributed by atoms with Gasteiger partial charge in [0.05, 0.1) is 10.6 Å². The molecular formula is C28H32ClN3O4S. The first-order chi connectivity index (χ1) is 17.7. The third kappa shape index (κ3) is 6.90. The van der Waals surface area contributed by atoms with Crippen molar-refractivity contribution in [3.05, 3.63) is 95.0 Å². The number of aryl methyl sites for hydroxylation is 1. The van der Waals surface area contributed by atoms with Crippen LogP contribution in [0.2, 0.25) is 5.02 Å². The van der Waals surface area contributed by atoms with Crippen molar-refractivity contribution < 1.29 is 18.0 Å². The van der Waals surface area contributed by atoms with Crippen LogP contribution in [0.15, 0.2) is 83.8 Å². The van der Waals surface area contributed by atoms with E-state index < -0.39 is 28.5 Å². The molecule has 0 saturated heterocycles. The topological polar surface area (TPSA) is 86.8 Å². The molecule has 0 spiro atoms. The monoisotopic (exact) mass is 541 g/mol. The highest BCUT2D eigenvalue weighted by molar-refractivity contribution is 7.92. The minimum Gasteiger partial charge on any atom is -0.357 e. The maximum atomic E-state index is 13.8. The fourth-order valence-electron chi connectivity index (χ4n) is 4.19. The lowest BCUT2D eigenvalue weighted by atomic mass is 10.1. The lowest BCUT2D eigenvalue weighted by Gasteiger charge is -2.33. The summed E-state index contributed by atoms with van der Waals surface area (Å²) in [6.45, 7) is 3.35. The average Bonchev–Trinajstić information content (AvgIpc) is 2.90. The molecule has 3 rings (SSSR count). The Labute approximate surface area is 224 Å². The van der Waals surface area contributed by atoms with Crippen molar-refractivity contribution in [2.24, 2.45) is 0 Å². The van der Waals surface area contributed by atoms with Gasteiger partial charge in [-0.05, 0) is 61.2 Å². The predicted molar refractivity (Wildman–Crippen MR) is 147 cm³/mol. The number of hydrogen-bond acceptors (Lipinski definition) is 4. The van der Waals surface area contributed by atoms with Gasteiger partial charge in [0.15, 0.2) is 0 Å². The number of rotatable bonds is 11. The number of sulfonamides is 1. The van der Waals surface area contributed by atoms with E-state index in [2.05, 4.69) is 5.32 Å². The van der Waals surface area contributed by atoms with Crippen LogP contribution in [0.5, 0.6) is 0 Å². The highest BCUT2D eigenvalue weighted by Gasteiger charge is 2.33. The molecule has 9 heteroatoms. The Kier molecular flexibility index (Phi) is 9.72. The lowest BCUT2D eigenvalue weighted by molar-refractivity contribution is -0.139. The standard InChI is InChI=1S/C28H32ClN3O4S/c1-4-25(28(34)30-3)31(18-17-22-11-7-5-8-12-22)27(33)20-32(26-16-15-23(29)19-21(26)2)37(35,36)24-13-9-6-10-14-24/h5-16,19,25H,4,17-18,20H2,1-3H3,(H,30,34)/t25-/m1/s1. The van der Waals surface area contributed by atoms with Gasteiger partial charge in [0.1, 0.15) is 12.6 Å². The van der Waals surface area contributed by atoms with Crippen LogP contribution in [-0.4, -0.2) is 51.3 Å². The second kappa shape index (κ2) is 12.7. The molecule has 0 aliphatic heterocycles. The average molecular weight is 542 g/mol. The summed E-state index contributed by atoms with van der Waals surface area (Å²) >= 11 is 6.13. The Morgan fingerprint density at radius 3 is 2.16 bits per heavy atom. The fourth-order valence-corrected chi connectivity index (χ4v) is 5.92. The zero-order chi connectivity index (χ0) is 27.0. The molecule has 3 aromatic rings. The van der Waals surface area contributed by atoms with E-state index in [1.54, 1.807) is 43.3 Å². The Bertz CT molecular complexity index is 1320. The number of halogens is 1. The van der Waals surface area contributed by atoms with Crippen LogP contribution >= 0.6 is 11.6 Å². The molecule has 0 fully saturated rings. The normalized spacial score (nSPS) is 12.0. The number of amides is 2. The zero-order valence-corrected chi connectivity index (χ0v) is 22.8. The molecular weight excluding hydrogens is 510 g/mol. The first-order valence-electron chi connectivity index (χ1n) is 12.1. The van der Waals surface area contributed by atoms with Crippen LogP contribution in [0.4, 0.5) is 5.69 Å². The van der Waals surface area contributed by atoms with Crippen molar-refractivity contribution in [3.8, 4) is 0 Å². The Balaban J connectivity index is 2.02. The lowest BCUT2D eigenvalue weighted by Crippen LogP contribution is -2.52. The van der Waals surface area contributed by atoms with Gasteiger partial charge in [0, 0.05) is 18.6 Å². The number of hydrogen-bond donors (Lipinski definition) is 1. The van der Waals surface area contributed by atoms with Gasteiger partial charge in [-0.15, -0.1) is 0 Å². The van der Waals surface area contributed by atoms with Gasteiger partial charge in [0.2, 0.25) is 11.8 Å². The second-order valence-corrected chi connectivity index (χ2v) is 10.9. The maximum Gasteiger partial charge on any atom is 0.264 e. The van der Waals surface area contributed by atoms with Crippen molar-refractivity contribution in [2.75, 3.05) is 24.4 Å². The molecule has 7 nitrogen and oxygen atoms in total. The number of benzene rings is 3. The smallest absolute Gasteiger partial charge is 0.264 e. The van der Waals surface area contributed by atoms with Gasteiger partial charge in [-0.1, -0.05) is 67.1 Å². The van der Waals surface area contributed by atoms with Gasteiger partial charge < -0.3 is 10.2 Å². The number of carbonyl (C=O) groups excluding carboxylic acids is 2. The quantitative estimate of drug-likeness (QED) is 0.389. The molecule has 0 aliphatic carbocycles. The molecule has 0 aromatic heterocycles. The third-order valence-electron chi connectivity index (χ3n) is 6.15. The van der Waals surface area contributed by atoms with E-state index in [4.69, 9.17) is 11.6 Å². The van der Waals surface area contributed by atoms with Crippen LogP contribution in [0, 0.1) is 6.92 Å². The molecule has 1 N–H and O–H groups in total. The van der Waals surface area contributed by atoms with Gasteiger partial charge >= 0.3 is 0 Å². The van der Waals surface area contributed by atoms with Gasteiger partial charge in [-0.3, -0.25) is 13.9 Å². The molecule has 0 heterocycles. The largest absolute Gasteiger partial charge is 0.357 e. The van der Waals surface area contributed by atoms with Crippen LogP contribution in [0.25, 0.3) is 0 Å². The SMILES string of the molecule is CC[C@H](C(=O)NC)N(CCc1ccccc1)C(=O)CN(c1ccc(Cl)cc1C)S(=O)(=O)c1ccccc1. The molecule has 37 heavy (non-hydrogen) atoms. The number of nitrogens with zero attached hydrogens (tertiary/aromatic N) is 2. The van der Waals surface area contributed by atoms with Gasteiger partial charge in [-0.2, -0.15) is 0 Å². The molecule has 0 radical (unpaired) electrons. The summed E-state index contributed by atoms with van der Waals surface area (Å²) in [6, 6.07) is 21.7. The van der Waals surface area contributed by atoms with Crippen LogP contribution in [-0.2, 0) is 26.0 Å². The summed E-state index contributed by atoms with van der Waals surface area (Å²) in [6.07, 6.45) is 0.900. The first kappa shape index (κ1) is 28.2. The summed E-state index contributed by atoms with van der Waals surface area (Å²) in [4.78, 5) is 28.1. The summed E-state index contributed by atoms with van der Waals surface area (Å²) in [5.74, 6) is -0.774. The van der Waals surface area contributed by atoms with E-state index >= 15 is 0 Å². The Hall–Kier alpha value is -3.36. The van der Waals surface area contributed by atoms with Crippen molar-refractivity contribution in [2.45, 2.75) is 37.6 Å². The zero-order valence-electron chi connectivity index (χ0n) is 21.2. The summed E-state index contributed by atoms with van der Waals surface area (Å²) in [5, 5.41) is 3.08. The van der Waals surface area contributed by atoms with Crippen LogP contribution < -0.4 is 9.62 Å². The molecule has 0 bridgehead atoms. The number of nitrogens with one attached hydrogen (secondary N) is 1. The van der Waals surface area contributed by atoms with Crippen molar-refractivity contribution in [1.29, 1.82) is 0 Å². The number of likely N-dealkylation sites (N-methyl/N-ethyl adjacent to an activating group) is 1. The maximum absolute atomic E-state index is 13.8. The predicted octanol–water partition coefficient (Wildman–Crippen LogP) is 4.44. The number of carbonyl (C=O) groups is 2. The van der Waals surface area contributed by atoms with E-state index in [-0.39, 0.29) is 17.3 Å². The van der Waals surface area contributed by atoms with Gasteiger partial charge in [-0.25, -0.2) is 8.42 Å². The molecule has 0 aliphatic rings. The molecule has 0 unspecified atom stereocenters. The van der Waals surface area contributed by atoms with E-state index in [9.17, 15) is 18.0 Å². The number of anilines is 1. The summed E-state index contributed by atoms with van der Waals surface area (Å²) in [7, 11) is -2.58. The second-order valence-electron chi connectivity index (χ2n) is 8.62. The first-order valence-corrected chi connectivity index (χ1v) is 13.9. The molecule has 196 valence electrons. The van der Waals surface area contributed by atoms with E-state index in [1.165, 1.54) is 24.1 Å². The van der Waals surface area contributed by atoms with E-state index in [1.807, 2.05) is 37.3 Å². The van der Waals surface area contributed by atoms with Crippen molar-refractivity contribution >= 4 is 39.1 Å². The van der Waals surface area contributed by atoms with Crippen molar-refractivity contribution in [1.82, 2.24) is 10.2 Å². The highest BCUT2D eigenvalue weighted by Crippen LogP contribution is 2.29. The fraction of sp³-hybridized carbons (Fsp3) is 0.286. The molecule has 0 saturated carbocycles. The molecule has 3 aromatic carbocycles. The summed E-state index contributed by atoms with van der Waals surface area (Å²) in [5.41, 5.74) is 1.96. The van der Waals surface area contributed by atoms with Gasteiger partial charge in [0.25, 0.3) is 10.0 Å². The third-order valence-corrected chi connectivity index (χ3v) is 8.16. The minimum atomic E-state index is -4.10. The summed E-state index contributed by atoms with van der Waals surface area (Å²) < 4.78 is 28.7. The van der Waals surface area contributed by atoms with Crippen molar-refractivity contribution in [3.63, 3.8) is 0 Å². The van der Waals surface area contributed by atoms with Crippen LogP contribution in [0.1, 0.15) is 24.5 Å². The van der Waals surface area contributed by atoms with E-state index in [0.29, 0.717) is 29.1 Å². The Morgan fingerprint density at radius 2 is 1.59 bits per heavy atom. The van der Waals surface area contributed by atoms with E-state index in [0.717, 1.165) is 9.87 Å². The minimum absolute atomic E-state index is 0.0614. The highest BCUT2D eigenvalue weighted by atomic mass is 35.5. The molecule has 2 amide bonds. The van der Waals surface area contributed by atoms with Crippen LogP contribution in [0.3, 0.4) is 0 Å².